The van der Waals surface area contributed by atoms with Crippen molar-refractivity contribution in [1.82, 2.24) is 9.80 Å². The lowest BCUT2D eigenvalue weighted by atomic mass is 10.00. The van der Waals surface area contributed by atoms with E-state index in [2.05, 4.69) is 0 Å². The van der Waals surface area contributed by atoms with Crippen molar-refractivity contribution in [3.05, 3.63) is 87.6 Å². The third-order valence-electron chi connectivity index (χ3n) is 5.95. The number of fused-ring (bicyclic) bond motifs is 1. The maximum Gasteiger partial charge on any atom is 0.257 e. The lowest BCUT2D eigenvalue weighted by Gasteiger charge is -2.37. The molecular formula is C27H28F2N2O3S. The Bertz CT molecular complexity index is 1200. The maximum absolute atomic E-state index is 14.3. The third kappa shape index (κ3) is 5.70. The number of hydrogen-bond acceptors (Lipinski definition) is 4. The second-order valence-corrected chi connectivity index (χ2v) is 9.95. The van der Waals surface area contributed by atoms with Crippen LogP contribution in [0, 0.1) is 17.6 Å². The zero-order valence-electron chi connectivity index (χ0n) is 19.7. The first kappa shape index (κ1) is 24.9. The quantitative estimate of drug-likeness (QED) is 0.422. The molecule has 0 spiro atoms. The summed E-state index contributed by atoms with van der Waals surface area (Å²) in [6.07, 6.45) is 0.695. The largest absolute Gasteiger partial charge is 0.488 e. The number of amides is 2. The van der Waals surface area contributed by atoms with Gasteiger partial charge in [0.2, 0.25) is 5.91 Å². The predicted molar refractivity (Wildman–Crippen MR) is 132 cm³/mol. The van der Waals surface area contributed by atoms with E-state index in [1.807, 2.05) is 25.3 Å². The van der Waals surface area contributed by atoms with Crippen molar-refractivity contribution in [2.45, 2.75) is 26.3 Å². The molecule has 0 bridgehead atoms. The summed E-state index contributed by atoms with van der Waals surface area (Å²) in [5.41, 5.74) is 0.918. The molecule has 35 heavy (non-hydrogen) atoms. The van der Waals surface area contributed by atoms with E-state index in [1.54, 1.807) is 40.5 Å². The van der Waals surface area contributed by atoms with Crippen LogP contribution in [-0.4, -0.2) is 47.9 Å². The molecule has 0 fully saturated rings. The van der Waals surface area contributed by atoms with E-state index < -0.39 is 23.6 Å². The minimum atomic E-state index is -0.615. The van der Waals surface area contributed by atoms with E-state index in [4.69, 9.17) is 4.74 Å². The number of carbonyl (C=O) groups excluding carboxylic acids is 2. The summed E-state index contributed by atoms with van der Waals surface area (Å²) >= 11 is 1.62. The second kappa shape index (κ2) is 11.0. The fourth-order valence-electron chi connectivity index (χ4n) is 4.32. The Morgan fingerprint density at radius 2 is 1.80 bits per heavy atom. The number of ether oxygens (including phenoxy) is 1. The highest BCUT2D eigenvalue weighted by atomic mass is 32.1. The molecule has 2 aromatic carbocycles. The highest BCUT2D eigenvalue weighted by Crippen LogP contribution is 2.34. The van der Waals surface area contributed by atoms with Gasteiger partial charge in [0.25, 0.3) is 5.91 Å². The van der Waals surface area contributed by atoms with Gasteiger partial charge in [-0.25, -0.2) is 8.78 Å². The smallest absolute Gasteiger partial charge is 0.257 e. The van der Waals surface area contributed by atoms with Crippen molar-refractivity contribution < 1.29 is 23.1 Å². The summed E-state index contributed by atoms with van der Waals surface area (Å²) in [7, 11) is 0. The van der Waals surface area contributed by atoms with Gasteiger partial charge >= 0.3 is 0 Å². The van der Waals surface area contributed by atoms with Crippen LogP contribution in [0.25, 0.3) is 0 Å². The summed E-state index contributed by atoms with van der Waals surface area (Å²) in [5, 5.41) is 1.97. The van der Waals surface area contributed by atoms with Gasteiger partial charge in [0, 0.05) is 18.0 Å². The fraction of sp³-hybridized carbons (Fsp3) is 0.333. The molecule has 0 aliphatic carbocycles. The summed E-state index contributed by atoms with van der Waals surface area (Å²) < 4.78 is 34.3. The topological polar surface area (TPSA) is 49.9 Å². The zero-order chi connectivity index (χ0) is 24.9. The van der Waals surface area contributed by atoms with Crippen LogP contribution in [0.5, 0.6) is 5.75 Å². The Balaban J connectivity index is 1.55. The average Bonchev–Trinajstić information content (AvgIpc) is 3.32. The van der Waals surface area contributed by atoms with Gasteiger partial charge in [-0.15, -0.1) is 11.3 Å². The Labute approximate surface area is 207 Å². The Morgan fingerprint density at radius 3 is 2.51 bits per heavy atom. The molecule has 0 radical (unpaired) electrons. The van der Waals surface area contributed by atoms with Crippen molar-refractivity contribution in [2.75, 3.05) is 26.2 Å². The van der Waals surface area contributed by atoms with Gasteiger partial charge in [-0.1, -0.05) is 38.1 Å². The van der Waals surface area contributed by atoms with Crippen molar-refractivity contribution in [3.63, 3.8) is 0 Å². The average molecular weight is 499 g/mol. The summed E-state index contributed by atoms with van der Waals surface area (Å²) in [6, 6.07) is 13.5. The normalized spacial score (nSPS) is 15.1. The highest BCUT2D eigenvalue weighted by molar-refractivity contribution is 7.10. The standard InChI is InChI=1S/C27H28F2N2O3S/c1-18(2)15-30(27(33)19-7-3-4-8-21(19)28)16-26(32)31-13-11-25-20(12-14-35-25)23(31)17-34-24-10-6-5-9-22(24)29/h3-10,12,14,18,23H,11,13,15-17H2,1-2H3/t23-/m1/s1. The van der Waals surface area contributed by atoms with Crippen molar-refractivity contribution in [1.29, 1.82) is 0 Å². The van der Waals surface area contributed by atoms with Crippen LogP contribution in [0.1, 0.15) is 40.7 Å². The molecule has 0 unspecified atom stereocenters. The number of nitrogens with zero attached hydrogens (tertiary/aromatic N) is 2. The van der Waals surface area contributed by atoms with Crippen LogP contribution < -0.4 is 4.74 Å². The SMILES string of the molecule is CC(C)CN(CC(=O)N1CCc2sccc2[C@H]1COc1ccccc1F)C(=O)c1ccccc1F. The summed E-state index contributed by atoms with van der Waals surface area (Å²) in [4.78, 5) is 31.0. The molecule has 1 aliphatic heterocycles. The lowest BCUT2D eigenvalue weighted by molar-refractivity contribution is -0.135. The minimum Gasteiger partial charge on any atom is -0.488 e. The Kier molecular flexibility index (Phi) is 7.80. The van der Waals surface area contributed by atoms with Crippen LogP contribution in [0.15, 0.2) is 60.0 Å². The molecule has 0 saturated heterocycles. The zero-order valence-corrected chi connectivity index (χ0v) is 20.6. The van der Waals surface area contributed by atoms with Gasteiger partial charge in [-0.2, -0.15) is 0 Å². The molecule has 0 saturated carbocycles. The molecule has 1 atom stereocenters. The molecule has 184 valence electrons. The van der Waals surface area contributed by atoms with Gasteiger partial charge < -0.3 is 14.5 Å². The van der Waals surface area contributed by atoms with Gasteiger partial charge in [-0.05, 0) is 53.6 Å². The van der Waals surface area contributed by atoms with Crippen molar-refractivity contribution >= 4 is 23.2 Å². The van der Waals surface area contributed by atoms with Gasteiger partial charge in [0.05, 0.1) is 11.6 Å². The summed E-state index contributed by atoms with van der Waals surface area (Å²) in [6.45, 7) is 4.56. The van der Waals surface area contributed by atoms with Crippen molar-refractivity contribution in [2.24, 2.45) is 5.92 Å². The number of rotatable bonds is 8. The molecule has 8 heteroatoms. The predicted octanol–water partition coefficient (Wildman–Crippen LogP) is 5.33. The maximum atomic E-state index is 14.3. The fourth-order valence-corrected chi connectivity index (χ4v) is 5.25. The molecule has 1 aromatic heterocycles. The first-order chi connectivity index (χ1) is 16.8. The molecule has 1 aliphatic rings. The first-order valence-corrected chi connectivity index (χ1v) is 12.5. The van der Waals surface area contributed by atoms with Crippen molar-refractivity contribution in [3.8, 4) is 5.75 Å². The number of thiophene rings is 1. The molecule has 0 N–H and O–H groups in total. The third-order valence-corrected chi connectivity index (χ3v) is 6.95. The monoisotopic (exact) mass is 498 g/mol. The lowest BCUT2D eigenvalue weighted by Crippen LogP contribution is -2.48. The van der Waals surface area contributed by atoms with Crippen LogP contribution in [0.3, 0.4) is 0 Å². The van der Waals surface area contributed by atoms with E-state index in [0.717, 1.165) is 10.4 Å². The van der Waals surface area contributed by atoms with E-state index in [9.17, 15) is 18.4 Å². The Hall–Kier alpha value is -3.26. The number of para-hydroxylation sites is 1. The van der Waals surface area contributed by atoms with Crippen LogP contribution in [0.2, 0.25) is 0 Å². The number of carbonyl (C=O) groups is 2. The van der Waals surface area contributed by atoms with Gasteiger partial charge in [0.1, 0.15) is 19.0 Å². The Morgan fingerprint density at radius 1 is 1.09 bits per heavy atom. The second-order valence-electron chi connectivity index (χ2n) is 8.95. The van der Waals surface area contributed by atoms with E-state index in [-0.39, 0.29) is 36.3 Å². The van der Waals surface area contributed by atoms with Gasteiger partial charge in [-0.3, -0.25) is 9.59 Å². The summed E-state index contributed by atoms with van der Waals surface area (Å²) in [5.74, 6) is -1.64. The van der Waals surface area contributed by atoms with E-state index >= 15 is 0 Å². The van der Waals surface area contributed by atoms with Crippen LogP contribution in [-0.2, 0) is 11.2 Å². The minimum absolute atomic E-state index is 0.0563. The molecule has 3 aromatic rings. The van der Waals surface area contributed by atoms with Gasteiger partial charge in [0.15, 0.2) is 11.6 Å². The molecule has 5 nitrogen and oxygen atoms in total. The van der Waals surface area contributed by atoms with Crippen LogP contribution >= 0.6 is 11.3 Å². The van der Waals surface area contributed by atoms with Crippen LogP contribution in [0.4, 0.5) is 8.78 Å². The first-order valence-electron chi connectivity index (χ1n) is 11.6. The van der Waals surface area contributed by atoms with E-state index in [1.165, 1.54) is 29.2 Å². The molecular weight excluding hydrogens is 470 g/mol. The number of hydrogen-bond donors (Lipinski definition) is 0. The molecule has 4 rings (SSSR count). The molecule has 2 heterocycles. The van der Waals surface area contributed by atoms with E-state index in [0.29, 0.717) is 19.5 Å². The highest BCUT2D eigenvalue weighted by Gasteiger charge is 2.34. The number of halogens is 2. The number of benzene rings is 2. The molecule has 2 amide bonds.